The molecule has 2 aromatic heterocycles. The van der Waals surface area contributed by atoms with Gasteiger partial charge in [-0.05, 0) is 43.0 Å². The van der Waals surface area contributed by atoms with Crippen LogP contribution in [0.5, 0.6) is 0 Å². The van der Waals surface area contributed by atoms with E-state index in [1.165, 1.54) is 6.33 Å². The molecule has 0 atom stereocenters. The van der Waals surface area contributed by atoms with Gasteiger partial charge in [-0.2, -0.15) is 5.10 Å². The lowest BCUT2D eigenvalue weighted by Crippen LogP contribution is -2.41. The molecule has 0 bridgehead atoms. The zero-order chi connectivity index (χ0) is 22.8. The van der Waals surface area contributed by atoms with Gasteiger partial charge in [0.2, 0.25) is 5.91 Å². The van der Waals surface area contributed by atoms with E-state index in [9.17, 15) is 18.8 Å². The summed E-state index contributed by atoms with van der Waals surface area (Å²) in [6.45, 7) is 2.87. The topological polar surface area (TPSA) is 87.4 Å². The average Bonchev–Trinajstić information content (AvgIpc) is 3.10. The van der Waals surface area contributed by atoms with E-state index < -0.39 is 17.5 Å². The predicted octanol–water partition coefficient (Wildman–Crippen LogP) is 3.10. The number of piperidine rings is 1. The summed E-state index contributed by atoms with van der Waals surface area (Å²) in [6, 6.07) is 4.84. The number of hydrogen-bond donors (Lipinski definition) is 1. The van der Waals surface area contributed by atoms with Gasteiger partial charge in [-0.3, -0.25) is 14.7 Å². The zero-order valence-corrected chi connectivity index (χ0v) is 17.9. The Hall–Kier alpha value is -3.40. The van der Waals surface area contributed by atoms with Gasteiger partial charge in [0.1, 0.15) is 23.8 Å². The molecule has 1 aliphatic rings. The molecule has 0 aliphatic carbocycles. The molecule has 0 spiro atoms. The molecule has 8 nitrogen and oxygen atoms in total. The molecule has 1 fully saturated rings. The Bertz CT molecular complexity index is 1090. The molecule has 0 radical (unpaired) electrons. The van der Waals surface area contributed by atoms with Crippen LogP contribution < -0.4 is 4.90 Å². The largest absolute Gasteiger partial charge is 0.356 e. The quantitative estimate of drug-likeness (QED) is 0.483. The molecule has 1 aliphatic heterocycles. The first-order valence-corrected chi connectivity index (χ1v) is 10.3. The van der Waals surface area contributed by atoms with Gasteiger partial charge in [0.05, 0.1) is 24.1 Å². The summed E-state index contributed by atoms with van der Waals surface area (Å²) in [4.78, 5) is 23.5. The molecule has 3 aromatic rings. The molecular weight excluding hydrogens is 418 g/mol. The summed E-state index contributed by atoms with van der Waals surface area (Å²) >= 11 is 0. The van der Waals surface area contributed by atoms with E-state index in [1.54, 1.807) is 10.9 Å². The lowest BCUT2D eigenvalue weighted by molar-refractivity contribution is -0.173. The van der Waals surface area contributed by atoms with Crippen molar-refractivity contribution < 1.29 is 18.8 Å². The highest BCUT2D eigenvalue weighted by Crippen LogP contribution is 2.27. The highest BCUT2D eigenvalue weighted by molar-refractivity contribution is 5.78. The van der Waals surface area contributed by atoms with Crippen LogP contribution in [0.15, 0.2) is 36.8 Å². The van der Waals surface area contributed by atoms with Crippen molar-refractivity contribution >= 4 is 11.7 Å². The maximum absolute atomic E-state index is 13.4. The minimum atomic E-state index is -0.750. The minimum absolute atomic E-state index is 0.190. The first-order chi connectivity index (χ1) is 15.3. The molecular formula is C22H24F2N6O2. The smallest absolute Gasteiger partial charge is 0.249 e. The molecule has 1 saturated heterocycles. The van der Waals surface area contributed by atoms with Crippen molar-refractivity contribution in [3.8, 4) is 11.4 Å². The lowest BCUT2D eigenvalue weighted by Gasteiger charge is -2.33. The van der Waals surface area contributed by atoms with Crippen LogP contribution in [-0.4, -0.2) is 49.0 Å². The van der Waals surface area contributed by atoms with E-state index in [-0.39, 0.29) is 18.0 Å². The molecule has 168 valence electrons. The highest BCUT2D eigenvalue weighted by Gasteiger charge is 2.29. The van der Waals surface area contributed by atoms with Gasteiger partial charge in [0, 0.05) is 38.2 Å². The number of amides is 1. The third-order valence-corrected chi connectivity index (χ3v) is 5.69. The van der Waals surface area contributed by atoms with Crippen LogP contribution >= 0.6 is 0 Å². The predicted molar refractivity (Wildman–Crippen MR) is 113 cm³/mol. The average molecular weight is 442 g/mol. The summed E-state index contributed by atoms with van der Waals surface area (Å²) in [6.07, 6.45) is 4.35. The minimum Gasteiger partial charge on any atom is -0.356 e. The summed E-state index contributed by atoms with van der Waals surface area (Å²) in [5.74, 6) is -1.57. The van der Waals surface area contributed by atoms with Crippen molar-refractivity contribution in [3.05, 3.63) is 59.6 Å². The van der Waals surface area contributed by atoms with Gasteiger partial charge in [-0.1, -0.05) is 0 Å². The molecule has 1 N–H and O–H groups in total. The second-order valence-electron chi connectivity index (χ2n) is 8.00. The summed E-state index contributed by atoms with van der Waals surface area (Å²) in [5.41, 5.74) is 2.90. The van der Waals surface area contributed by atoms with E-state index in [4.69, 9.17) is 0 Å². The van der Waals surface area contributed by atoms with Gasteiger partial charge in [-0.25, -0.2) is 23.8 Å². The number of rotatable bonds is 5. The Morgan fingerprint density at radius 1 is 1.16 bits per heavy atom. The maximum atomic E-state index is 13.4. The van der Waals surface area contributed by atoms with Crippen LogP contribution in [0.2, 0.25) is 0 Å². The van der Waals surface area contributed by atoms with Crippen molar-refractivity contribution in [1.29, 1.82) is 0 Å². The Labute approximate surface area is 184 Å². The van der Waals surface area contributed by atoms with Crippen molar-refractivity contribution in [1.82, 2.24) is 24.8 Å². The van der Waals surface area contributed by atoms with E-state index in [0.29, 0.717) is 31.0 Å². The Kier molecular flexibility index (Phi) is 6.13. The molecule has 32 heavy (non-hydrogen) atoms. The van der Waals surface area contributed by atoms with Gasteiger partial charge in [0.25, 0.3) is 0 Å². The first-order valence-electron chi connectivity index (χ1n) is 10.3. The van der Waals surface area contributed by atoms with E-state index in [2.05, 4.69) is 20.0 Å². The fraction of sp³-hybridized carbons (Fsp3) is 0.364. The molecule has 0 unspecified atom stereocenters. The van der Waals surface area contributed by atoms with Crippen molar-refractivity contribution in [3.63, 3.8) is 0 Å². The number of carbonyl (C=O) groups excluding carboxylic acids is 1. The molecule has 1 amide bonds. The number of hydrogen-bond acceptors (Lipinski definition) is 6. The third kappa shape index (κ3) is 4.59. The van der Waals surface area contributed by atoms with Gasteiger partial charge in [0.15, 0.2) is 0 Å². The van der Waals surface area contributed by atoms with Crippen molar-refractivity contribution in [2.24, 2.45) is 13.0 Å². The van der Waals surface area contributed by atoms with E-state index in [0.717, 1.165) is 41.0 Å². The molecule has 10 heteroatoms. The molecule has 1 aromatic carbocycles. The van der Waals surface area contributed by atoms with Crippen molar-refractivity contribution in [2.45, 2.75) is 26.3 Å². The first kappa shape index (κ1) is 21.8. The van der Waals surface area contributed by atoms with Crippen LogP contribution in [0.25, 0.3) is 11.4 Å². The summed E-state index contributed by atoms with van der Waals surface area (Å²) < 4.78 is 28.5. The van der Waals surface area contributed by atoms with Gasteiger partial charge < -0.3 is 4.90 Å². The Balaban J connectivity index is 1.39. The Morgan fingerprint density at radius 3 is 2.47 bits per heavy atom. The monoisotopic (exact) mass is 442 g/mol. The third-order valence-electron chi connectivity index (χ3n) is 5.69. The molecule has 3 heterocycles. The number of benzene rings is 1. The van der Waals surface area contributed by atoms with E-state index in [1.807, 2.05) is 20.0 Å². The van der Waals surface area contributed by atoms with Crippen LogP contribution in [0.1, 0.15) is 24.0 Å². The summed E-state index contributed by atoms with van der Waals surface area (Å²) in [5, 5.41) is 15.0. The molecule has 4 rings (SSSR count). The Morgan fingerprint density at radius 2 is 1.84 bits per heavy atom. The number of anilines is 1. The highest BCUT2D eigenvalue weighted by atomic mass is 19.1. The number of carbonyl (C=O) groups is 1. The van der Waals surface area contributed by atoms with Crippen LogP contribution in [0.4, 0.5) is 14.6 Å². The van der Waals surface area contributed by atoms with Crippen LogP contribution in [0.3, 0.4) is 0 Å². The van der Waals surface area contributed by atoms with Crippen molar-refractivity contribution in [2.75, 3.05) is 18.0 Å². The normalized spacial score (nSPS) is 14.6. The van der Waals surface area contributed by atoms with Gasteiger partial charge in [-0.15, -0.1) is 0 Å². The fourth-order valence-corrected chi connectivity index (χ4v) is 4.08. The second-order valence-corrected chi connectivity index (χ2v) is 8.00. The molecule has 0 saturated carbocycles. The van der Waals surface area contributed by atoms with Crippen LogP contribution in [-0.2, 0) is 18.4 Å². The second kappa shape index (κ2) is 8.99. The number of aromatic nitrogens is 4. The fourth-order valence-electron chi connectivity index (χ4n) is 4.08. The van der Waals surface area contributed by atoms with Crippen LogP contribution in [0, 0.1) is 24.5 Å². The maximum Gasteiger partial charge on any atom is 0.249 e. The van der Waals surface area contributed by atoms with Gasteiger partial charge >= 0.3 is 0 Å². The SMILES string of the molecule is Cc1cnn(C)c1-c1cc(N2CCC(C(=O)N(O)Cc3cc(F)cc(F)c3)CC2)ncn1. The number of hydroxylamine groups is 2. The lowest BCUT2D eigenvalue weighted by atomic mass is 9.95. The van der Waals surface area contributed by atoms with E-state index >= 15 is 0 Å². The number of halogens is 2. The number of nitrogens with zero attached hydrogens (tertiary/aromatic N) is 6. The standard InChI is InChI=1S/C22H24F2N6O2/c1-14-11-27-28(2)21(14)19-10-20(26-13-25-19)29-5-3-16(4-6-29)22(31)30(32)12-15-7-17(23)9-18(24)8-15/h7-11,13,16,32H,3-6,12H2,1-2H3. The number of aryl methyl sites for hydroxylation is 2. The summed E-state index contributed by atoms with van der Waals surface area (Å²) in [7, 11) is 1.86. The zero-order valence-electron chi connectivity index (χ0n) is 17.9.